The summed E-state index contributed by atoms with van der Waals surface area (Å²) in [6.45, 7) is 8.16. The summed E-state index contributed by atoms with van der Waals surface area (Å²) in [4.78, 5) is 12.5. The topological polar surface area (TPSA) is 51.3 Å². The third-order valence-electron chi connectivity index (χ3n) is 5.57. The number of nitrogens with zero attached hydrogens (tertiary/aromatic N) is 3. The van der Waals surface area contributed by atoms with E-state index in [1.54, 1.807) is 6.21 Å². The molecule has 5 nitrogen and oxygen atoms in total. The highest BCUT2D eigenvalue weighted by molar-refractivity contribution is 6.30. The maximum absolute atomic E-state index is 12.5. The molecule has 0 unspecified atom stereocenters. The fraction of sp³-hybridized carbons (Fsp3) is 0.154. The van der Waals surface area contributed by atoms with Gasteiger partial charge in [0.25, 0.3) is 5.91 Å². The van der Waals surface area contributed by atoms with E-state index in [2.05, 4.69) is 45.6 Å². The van der Waals surface area contributed by atoms with E-state index in [9.17, 15) is 4.79 Å². The highest BCUT2D eigenvalue weighted by atomic mass is 35.5. The highest BCUT2D eigenvalue weighted by Crippen LogP contribution is 2.22. The summed E-state index contributed by atoms with van der Waals surface area (Å²) in [5.74, 6) is -0.252. The molecule has 0 bridgehead atoms. The lowest BCUT2D eigenvalue weighted by Crippen LogP contribution is -2.17. The van der Waals surface area contributed by atoms with Crippen molar-refractivity contribution in [1.29, 1.82) is 0 Å². The molecular formula is C26H25ClN4O. The molecule has 2 aromatic carbocycles. The van der Waals surface area contributed by atoms with Gasteiger partial charge in [0, 0.05) is 50.3 Å². The van der Waals surface area contributed by atoms with Crippen molar-refractivity contribution in [3.8, 4) is 11.4 Å². The maximum Gasteiger partial charge on any atom is 0.271 e. The smallest absolute Gasteiger partial charge is 0.271 e. The molecule has 4 rings (SSSR count). The van der Waals surface area contributed by atoms with Crippen molar-refractivity contribution in [2.75, 3.05) is 0 Å². The zero-order valence-corrected chi connectivity index (χ0v) is 19.3. The number of amides is 1. The molecule has 0 fully saturated rings. The van der Waals surface area contributed by atoms with Crippen molar-refractivity contribution in [1.82, 2.24) is 14.6 Å². The van der Waals surface area contributed by atoms with E-state index in [4.69, 9.17) is 11.6 Å². The number of aryl methyl sites for hydroxylation is 3. The molecule has 0 atom stereocenters. The lowest BCUT2D eigenvalue weighted by atomic mass is 10.2. The highest BCUT2D eigenvalue weighted by Gasteiger charge is 2.11. The van der Waals surface area contributed by atoms with E-state index in [1.165, 1.54) is 0 Å². The van der Waals surface area contributed by atoms with Gasteiger partial charge in [-0.25, -0.2) is 5.43 Å². The second kappa shape index (κ2) is 8.89. The van der Waals surface area contributed by atoms with Crippen LogP contribution < -0.4 is 5.43 Å². The standard InChI is InChI=1S/C26H25ClN4O/c1-17-8-9-18(2)30(17)24-12-10-21(11-13-24)26(32)29-28-16-22-14-19(3)31(20(22)4)25-7-5-6-23(27)15-25/h5-16H,1-4H3,(H,29,32)/b28-16-. The largest absolute Gasteiger partial charge is 0.319 e. The summed E-state index contributed by atoms with van der Waals surface area (Å²) >= 11 is 6.15. The summed E-state index contributed by atoms with van der Waals surface area (Å²) < 4.78 is 4.26. The summed E-state index contributed by atoms with van der Waals surface area (Å²) in [7, 11) is 0. The number of carbonyl (C=O) groups excluding carboxylic acids is 1. The Morgan fingerprint density at radius 1 is 0.844 bits per heavy atom. The Bertz CT molecular complexity index is 1290. The molecule has 4 aromatic rings. The minimum absolute atomic E-state index is 0.252. The van der Waals surface area contributed by atoms with Gasteiger partial charge in [0.05, 0.1) is 6.21 Å². The lowest BCUT2D eigenvalue weighted by Gasteiger charge is -2.10. The Morgan fingerprint density at radius 2 is 1.53 bits per heavy atom. The molecule has 162 valence electrons. The van der Waals surface area contributed by atoms with Crippen molar-refractivity contribution in [2.24, 2.45) is 5.10 Å². The first-order chi connectivity index (χ1) is 15.3. The van der Waals surface area contributed by atoms with Gasteiger partial charge >= 0.3 is 0 Å². The number of hydrogen-bond donors (Lipinski definition) is 1. The van der Waals surface area contributed by atoms with Crippen LogP contribution in [-0.4, -0.2) is 21.3 Å². The summed E-state index contributed by atoms with van der Waals surface area (Å²) in [6.07, 6.45) is 1.67. The minimum Gasteiger partial charge on any atom is -0.319 e. The predicted molar refractivity (Wildman–Crippen MR) is 131 cm³/mol. The number of hydrogen-bond acceptors (Lipinski definition) is 2. The fourth-order valence-corrected chi connectivity index (χ4v) is 4.18. The van der Waals surface area contributed by atoms with Crippen LogP contribution in [0.1, 0.15) is 38.7 Å². The van der Waals surface area contributed by atoms with Crippen LogP contribution >= 0.6 is 11.6 Å². The average molecular weight is 445 g/mol. The van der Waals surface area contributed by atoms with Gasteiger partial charge in [-0.15, -0.1) is 0 Å². The van der Waals surface area contributed by atoms with Crippen molar-refractivity contribution in [3.05, 3.63) is 106 Å². The van der Waals surface area contributed by atoms with Crippen LogP contribution in [0, 0.1) is 27.7 Å². The minimum atomic E-state index is -0.252. The molecule has 6 heteroatoms. The van der Waals surface area contributed by atoms with Crippen molar-refractivity contribution >= 4 is 23.7 Å². The second-order valence-corrected chi connectivity index (χ2v) is 8.28. The van der Waals surface area contributed by atoms with E-state index >= 15 is 0 Å². The van der Waals surface area contributed by atoms with Crippen LogP contribution in [0.2, 0.25) is 5.02 Å². The number of halogens is 1. The number of nitrogens with one attached hydrogen (secondary N) is 1. The molecule has 0 saturated carbocycles. The predicted octanol–water partition coefficient (Wildman–Crippen LogP) is 5.92. The SMILES string of the molecule is Cc1ccc(C)n1-c1ccc(C(=O)N/N=C\c2cc(C)n(-c3cccc(Cl)c3)c2C)cc1. The molecule has 0 saturated heterocycles. The van der Waals surface area contributed by atoms with Crippen molar-refractivity contribution in [3.63, 3.8) is 0 Å². The van der Waals surface area contributed by atoms with Gasteiger partial charge in [0.15, 0.2) is 0 Å². The molecule has 0 radical (unpaired) electrons. The number of aromatic nitrogens is 2. The third-order valence-corrected chi connectivity index (χ3v) is 5.80. The molecule has 0 aliphatic heterocycles. The van der Waals surface area contributed by atoms with Gasteiger partial charge in [-0.1, -0.05) is 17.7 Å². The maximum atomic E-state index is 12.5. The molecule has 32 heavy (non-hydrogen) atoms. The Labute approximate surface area is 193 Å². The first-order valence-electron chi connectivity index (χ1n) is 10.4. The number of carbonyl (C=O) groups is 1. The number of hydrazone groups is 1. The second-order valence-electron chi connectivity index (χ2n) is 7.84. The van der Waals surface area contributed by atoms with Crippen molar-refractivity contribution in [2.45, 2.75) is 27.7 Å². The fourth-order valence-electron chi connectivity index (χ4n) is 3.99. The molecule has 2 aromatic heterocycles. The Hall–Kier alpha value is -3.57. The third kappa shape index (κ3) is 4.25. The van der Waals surface area contributed by atoms with Crippen LogP contribution in [0.5, 0.6) is 0 Å². The summed E-state index contributed by atoms with van der Waals surface area (Å²) in [5.41, 5.74) is 10.5. The molecular weight excluding hydrogens is 420 g/mol. The van der Waals surface area contributed by atoms with Crippen LogP contribution in [-0.2, 0) is 0 Å². The van der Waals surface area contributed by atoms with Gasteiger partial charge in [0.2, 0.25) is 0 Å². The number of benzene rings is 2. The Morgan fingerprint density at radius 3 is 2.19 bits per heavy atom. The van der Waals surface area contributed by atoms with E-state index in [0.29, 0.717) is 10.6 Å². The summed E-state index contributed by atoms with van der Waals surface area (Å²) in [5, 5.41) is 4.86. The first-order valence-corrected chi connectivity index (χ1v) is 10.8. The van der Waals surface area contributed by atoms with E-state index < -0.39 is 0 Å². The molecule has 1 N–H and O–H groups in total. The van der Waals surface area contributed by atoms with Crippen molar-refractivity contribution < 1.29 is 4.79 Å². The molecule has 1 amide bonds. The average Bonchev–Trinajstić information content (AvgIpc) is 3.25. The monoisotopic (exact) mass is 444 g/mol. The van der Waals surface area contributed by atoms with E-state index in [-0.39, 0.29) is 5.91 Å². The number of rotatable bonds is 5. The van der Waals surface area contributed by atoms with Crippen LogP contribution in [0.25, 0.3) is 11.4 Å². The van der Waals surface area contributed by atoms with Crippen LogP contribution in [0.4, 0.5) is 0 Å². The molecule has 0 aliphatic rings. The molecule has 2 heterocycles. The zero-order chi connectivity index (χ0) is 22.8. The first kappa shape index (κ1) is 21.7. The van der Waals surface area contributed by atoms with Gasteiger partial charge in [-0.2, -0.15) is 5.10 Å². The zero-order valence-electron chi connectivity index (χ0n) is 18.6. The molecule has 0 spiro atoms. The normalized spacial score (nSPS) is 11.3. The lowest BCUT2D eigenvalue weighted by molar-refractivity contribution is 0.0955. The van der Waals surface area contributed by atoms with Gasteiger partial charge in [-0.05, 0) is 88.4 Å². The summed E-state index contributed by atoms with van der Waals surface area (Å²) in [6, 6.07) is 21.4. The Balaban J connectivity index is 1.48. The van der Waals surface area contributed by atoms with Gasteiger partial charge in [-0.3, -0.25) is 4.79 Å². The molecule has 0 aliphatic carbocycles. The van der Waals surface area contributed by atoms with Gasteiger partial charge < -0.3 is 9.13 Å². The van der Waals surface area contributed by atoms with E-state index in [0.717, 1.165) is 39.7 Å². The van der Waals surface area contributed by atoms with E-state index in [1.807, 2.05) is 68.4 Å². The van der Waals surface area contributed by atoms with Crippen LogP contribution in [0.15, 0.2) is 71.8 Å². The van der Waals surface area contributed by atoms with Gasteiger partial charge in [0.1, 0.15) is 0 Å². The quantitative estimate of drug-likeness (QED) is 0.301. The Kier molecular flexibility index (Phi) is 6.01. The van der Waals surface area contributed by atoms with Crippen LogP contribution in [0.3, 0.4) is 0 Å².